The fourth-order valence-electron chi connectivity index (χ4n) is 0.724. The normalized spacial score (nSPS) is 12.6. The molecule has 1 heteroatoms. The van der Waals surface area contributed by atoms with Gasteiger partial charge in [0.1, 0.15) is 0 Å². The van der Waals surface area contributed by atoms with Crippen LogP contribution in [-0.4, -0.2) is 12.6 Å². The smallest absolute Gasteiger partial charge is 0.00104 e. The van der Waals surface area contributed by atoms with Gasteiger partial charge in [-0.15, -0.1) is 0 Å². The Kier molecular flexibility index (Phi) is 27.1. The van der Waals surface area contributed by atoms with Gasteiger partial charge in [0.25, 0.3) is 0 Å². The summed E-state index contributed by atoms with van der Waals surface area (Å²) in [6.45, 7) is 18.0. The van der Waals surface area contributed by atoms with Crippen molar-refractivity contribution in [2.45, 2.75) is 87.1 Å². The first-order valence-corrected chi connectivity index (χ1v) is 7.44. The lowest BCUT2D eigenvalue weighted by Gasteiger charge is -2.04. The van der Waals surface area contributed by atoms with Gasteiger partial charge in [0.05, 0.1) is 0 Å². The first kappa shape index (κ1) is 21.3. The number of hydrogen-bond acceptors (Lipinski definition) is 1. The Balaban J connectivity index is -0.000000181. The lowest BCUT2D eigenvalue weighted by Crippen LogP contribution is -2.24. The lowest BCUT2D eigenvalue weighted by molar-refractivity contribution is 0.561. The second kappa shape index (κ2) is 20.4. The quantitative estimate of drug-likeness (QED) is 0.696. The van der Waals surface area contributed by atoms with Crippen LogP contribution in [0.5, 0.6) is 0 Å². The molecule has 0 amide bonds. The molecule has 0 aromatic rings. The van der Waals surface area contributed by atoms with Crippen LogP contribution in [0.4, 0.5) is 0 Å². The average molecular weight is 231 g/mol. The SMILES string of the molecule is CC.CC.CC(C)NCC1CC1.CCCC. The third kappa shape index (κ3) is 29.2. The van der Waals surface area contributed by atoms with Crippen molar-refractivity contribution < 1.29 is 0 Å². The van der Waals surface area contributed by atoms with Gasteiger partial charge in [0.15, 0.2) is 0 Å². The second-order valence-electron chi connectivity index (χ2n) is 4.01. The van der Waals surface area contributed by atoms with Gasteiger partial charge < -0.3 is 5.32 Å². The molecule has 0 atom stereocenters. The maximum atomic E-state index is 3.41. The maximum absolute atomic E-state index is 3.41. The number of rotatable bonds is 4. The molecule has 0 unspecified atom stereocenters. The van der Waals surface area contributed by atoms with Crippen molar-refractivity contribution in [2.75, 3.05) is 6.54 Å². The van der Waals surface area contributed by atoms with Crippen molar-refractivity contribution in [2.24, 2.45) is 5.92 Å². The van der Waals surface area contributed by atoms with E-state index in [0.717, 1.165) is 5.92 Å². The van der Waals surface area contributed by atoms with Gasteiger partial charge in [0.2, 0.25) is 0 Å². The minimum Gasteiger partial charge on any atom is -0.314 e. The van der Waals surface area contributed by atoms with Crippen molar-refractivity contribution in [3.05, 3.63) is 0 Å². The molecule has 0 aromatic heterocycles. The van der Waals surface area contributed by atoms with E-state index >= 15 is 0 Å². The molecule has 0 spiro atoms. The van der Waals surface area contributed by atoms with Crippen LogP contribution < -0.4 is 5.32 Å². The van der Waals surface area contributed by atoms with E-state index in [1.807, 2.05) is 27.7 Å². The molecular weight excluding hydrogens is 194 g/mol. The molecule has 0 aromatic carbocycles. The summed E-state index contributed by atoms with van der Waals surface area (Å²) < 4.78 is 0. The zero-order chi connectivity index (χ0) is 13.4. The monoisotopic (exact) mass is 231 g/mol. The highest BCUT2D eigenvalue weighted by molar-refractivity contribution is 4.75. The van der Waals surface area contributed by atoms with Crippen LogP contribution >= 0.6 is 0 Å². The van der Waals surface area contributed by atoms with Gasteiger partial charge in [-0.05, 0) is 25.3 Å². The molecule has 0 radical (unpaired) electrons. The maximum Gasteiger partial charge on any atom is 0.00104 e. The molecule has 1 N–H and O–H groups in total. The second-order valence-corrected chi connectivity index (χ2v) is 4.01. The summed E-state index contributed by atoms with van der Waals surface area (Å²) in [5.74, 6) is 1.03. The number of unbranched alkanes of at least 4 members (excludes halogenated alkanes) is 1. The minimum atomic E-state index is 0.676. The molecule has 1 fully saturated rings. The summed E-state index contributed by atoms with van der Waals surface area (Å²) in [7, 11) is 0. The van der Waals surface area contributed by atoms with Crippen LogP contribution in [-0.2, 0) is 0 Å². The molecule has 1 aliphatic carbocycles. The van der Waals surface area contributed by atoms with Crippen molar-refractivity contribution in [1.29, 1.82) is 0 Å². The molecule has 16 heavy (non-hydrogen) atoms. The molecule has 0 bridgehead atoms. The van der Waals surface area contributed by atoms with Crippen molar-refractivity contribution >= 4 is 0 Å². The molecule has 1 nitrogen and oxygen atoms in total. The predicted octanol–water partition coefficient (Wildman–Crippen LogP) is 5.25. The van der Waals surface area contributed by atoms with Crippen LogP contribution in [0.25, 0.3) is 0 Å². The van der Waals surface area contributed by atoms with Crippen molar-refractivity contribution in [3.8, 4) is 0 Å². The summed E-state index contributed by atoms with van der Waals surface area (Å²) in [4.78, 5) is 0. The number of nitrogens with one attached hydrogen (secondary N) is 1. The highest BCUT2D eigenvalue weighted by Crippen LogP contribution is 2.27. The van der Waals surface area contributed by atoms with Crippen LogP contribution in [0.15, 0.2) is 0 Å². The van der Waals surface area contributed by atoms with Gasteiger partial charge in [0, 0.05) is 6.04 Å². The van der Waals surface area contributed by atoms with Crippen LogP contribution in [0.3, 0.4) is 0 Å². The van der Waals surface area contributed by atoms with E-state index < -0.39 is 0 Å². The summed E-state index contributed by atoms with van der Waals surface area (Å²) in [5, 5.41) is 3.41. The third-order valence-electron chi connectivity index (χ3n) is 2.01. The lowest BCUT2D eigenvalue weighted by atomic mass is 10.3. The summed E-state index contributed by atoms with van der Waals surface area (Å²) in [6.07, 6.45) is 5.56. The Hall–Kier alpha value is -0.0400. The highest BCUT2D eigenvalue weighted by atomic mass is 14.9. The van der Waals surface area contributed by atoms with Crippen LogP contribution in [0.2, 0.25) is 0 Å². The Morgan fingerprint density at radius 1 is 0.938 bits per heavy atom. The number of hydrogen-bond donors (Lipinski definition) is 1. The Labute approximate surface area is 105 Å². The zero-order valence-corrected chi connectivity index (χ0v) is 13.2. The standard InChI is InChI=1S/C7H15N.C4H10.2C2H6/c1-6(2)8-5-7-3-4-7;1-3-4-2;2*1-2/h6-8H,3-5H2,1-2H3;3-4H2,1-2H3;2*1-2H3. The van der Waals surface area contributed by atoms with Gasteiger partial charge in [-0.1, -0.05) is 68.2 Å². The summed E-state index contributed by atoms with van der Waals surface area (Å²) in [6, 6.07) is 0.676. The first-order chi connectivity index (χ1) is 7.70. The Morgan fingerprint density at radius 3 is 1.50 bits per heavy atom. The first-order valence-electron chi connectivity index (χ1n) is 7.44. The molecule has 1 saturated carbocycles. The average Bonchev–Trinajstić information content (AvgIpc) is 3.16. The van der Waals surface area contributed by atoms with Gasteiger partial charge in [-0.3, -0.25) is 0 Å². The fourth-order valence-corrected chi connectivity index (χ4v) is 0.724. The van der Waals surface area contributed by atoms with E-state index in [4.69, 9.17) is 0 Å². The minimum absolute atomic E-state index is 0.676. The molecule has 0 heterocycles. The van der Waals surface area contributed by atoms with E-state index in [1.165, 1.54) is 32.2 Å². The highest BCUT2D eigenvalue weighted by Gasteiger charge is 2.20. The van der Waals surface area contributed by atoms with E-state index in [2.05, 4.69) is 33.0 Å². The van der Waals surface area contributed by atoms with E-state index in [-0.39, 0.29) is 0 Å². The Morgan fingerprint density at radius 2 is 1.31 bits per heavy atom. The van der Waals surface area contributed by atoms with Crippen molar-refractivity contribution in [1.82, 2.24) is 5.32 Å². The molecule has 1 aliphatic rings. The topological polar surface area (TPSA) is 12.0 Å². The molecular formula is C15H37N. The fraction of sp³-hybridized carbons (Fsp3) is 1.00. The molecule has 102 valence electrons. The van der Waals surface area contributed by atoms with Gasteiger partial charge in [-0.2, -0.15) is 0 Å². The van der Waals surface area contributed by atoms with E-state index in [0.29, 0.717) is 6.04 Å². The Bertz CT molecular complexity index is 81.4. The van der Waals surface area contributed by atoms with Crippen LogP contribution in [0, 0.1) is 5.92 Å². The molecule has 0 saturated heterocycles. The molecule has 0 aliphatic heterocycles. The van der Waals surface area contributed by atoms with E-state index in [1.54, 1.807) is 0 Å². The predicted molar refractivity (Wildman–Crippen MR) is 79.1 cm³/mol. The van der Waals surface area contributed by atoms with E-state index in [9.17, 15) is 0 Å². The van der Waals surface area contributed by atoms with Crippen LogP contribution in [0.1, 0.15) is 81.1 Å². The molecule has 1 rings (SSSR count). The van der Waals surface area contributed by atoms with Crippen molar-refractivity contribution in [3.63, 3.8) is 0 Å². The summed E-state index contributed by atoms with van der Waals surface area (Å²) >= 11 is 0. The summed E-state index contributed by atoms with van der Waals surface area (Å²) in [5.41, 5.74) is 0. The van der Waals surface area contributed by atoms with Gasteiger partial charge in [-0.25, -0.2) is 0 Å². The zero-order valence-electron chi connectivity index (χ0n) is 13.2. The largest absolute Gasteiger partial charge is 0.314 e. The third-order valence-corrected chi connectivity index (χ3v) is 2.01. The van der Waals surface area contributed by atoms with Gasteiger partial charge >= 0.3 is 0 Å².